The number of unbranched alkanes of at least 4 members (excludes halogenated alkanes) is 2. The average molecular weight is 407 g/mol. The smallest absolute Gasteiger partial charge is 0.294 e. The highest BCUT2D eigenvalue weighted by atomic mass is 16.3. The Morgan fingerprint density at radius 3 is 2.47 bits per heavy atom. The minimum absolute atomic E-state index is 0.117. The van der Waals surface area contributed by atoms with Crippen LogP contribution in [0.15, 0.2) is 57.5 Å². The topological polar surface area (TPSA) is 82.7 Å². The molecule has 2 N–H and O–H groups in total. The first-order chi connectivity index (χ1) is 14.5. The standard InChI is InChI=1S/C24H30N4O2/c1-4-5-8-16-28-24(30)22(18(3)27-28)26-25-21-13-9-12-20(23(21)29)15-14-19-11-7-6-10-17(19)2/h6-7,9-13,27,29H,4-5,8,14-16H2,1-3H3. The summed E-state index contributed by atoms with van der Waals surface area (Å²) in [6, 6.07) is 13.7. The number of phenols is 1. The molecule has 158 valence electrons. The zero-order valence-electron chi connectivity index (χ0n) is 18.0. The Morgan fingerprint density at radius 2 is 1.70 bits per heavy atom. The lowest BCUT2D eigenvalue weighted by atomic mass is 10.00. The molecule has 1 aromatic heterocycles. The van der Waals surface area contributed by atoms with Gasteiger partial charge in [-0.3, -0.25) is 14.6 Å². The molecule has 0 radical (unpaired) electrons. The zero-order chi connectivity index (χ0) is 21.5. The lowest BCUT2D eigenvalue weighted by Gasteiger charge is -2.08. The molecular formula is C24H30N4O2. The van der Waals surface area contributed by atoms with Gasteiger partial charge in [0.25, 0.3) is 5.56 Å². The zero-order valence-corrected chi connectivity index (χ0v) is 18.0. The number of hydrogen-bond acceptors (Lipinski definition) is 4. The Morgan fingerprint density at radius 1 is 0.967 bits per heavy atom. The number of hydrogen-bond donors (Lipinski definition) is 2. The second-order valence-corrected chi connectivity index (χ2v) is 7.66. The summed E-state index contributed by atoms with van der Waals surface area (Å²) in [6.07, 6.45) is 4.65. The molecule has 0 spiro atoms. The molecule has 1 heterocycles. The van der Waals surface area contributed by atoms with Crippen LogP contribution >= 0.6 is 0 Å². The van der Waals surface area contributed by atoms with E-state index in [-0.39, 0.29) is 17.0 Å². The molecule has 0 saturated heterocycles. The summed E-state index contributed by atoms with van der Waals surface area (Å²) in [5.74, 6) is 0.117. The van der Waals surface area contributed by atoms with E-state index in [4.69, 9.17) is 0 Å². The van der Waals surface area contributed by atoms with Crippen molar-refractivity contribution in [2.45, 2.75) is 59.4 Å². The van der Waals surface area contributed by atoms with Crippen molar-refractivity contribution >= 4 is 11.4 Å². The van der Waals surface area contributed by atoms with Gasteiger partial charge < -0.3 is 5.11 Å². The lowest BCUT2D eigenvalue weighted by molar-refractivity contribution is 0.469. The number of aromatic hydroxyl groups is 1. The number of rotatable bonds is 9. The van der Waals surface area contributed by atoms with Crippen molar-refractivity contribution in [3.05, 3.63) is 75.2 Å². The number of aromatic nitrogens is 2. The number of phenolic OH excluding ortho intramolecular Hbond substituents is 1. The summed E-state index contributed by atoms with van der Waals surface area (Å²) in [4.78, 5) is 12.6. The van der Waals surface area contributed by atoms with Gasteiger partial charge >= 0.3 is 0 Å². The predicted molar refractivity (Wildman–Crippen MR) is 120 cm³/mol. The molecule has 2 aromatic carbocycles. The third kappa shape index (κ3) is 5.06. The summed E-state index contributed by atoms with van der Waals surface area (Å²) in [5, 5.41) is 22.1. The monoisotopic (exact) mass is 406 g/mol. The van der Waals surface area contributed by atoms with E-state index in [9.17, 15) is 9.90 Å². The highest BCUT2D eigenvalue weighted by Crippen LogP contribution is 2.32. The molecule has 6 heteroatoms. The number of benzene rings is 2. The molecule has 0 saturated carbocycles. The minimum atomic E-state index is -0.178. The van der Waals surface area contributed by atoms with Crippen molar-refractivity contribution in [1.29, 1.82) is 0 Å². The van der Waals surface area contributed by atoms with E-state index < -0.39 is 0 Å². The Kier molecular flexibility index (Phi) is 7.22. The quantitative estimate of drug-likeness (QED) is 0.343. The van der Waals surface area contributed by atoms with Crippen LogP contribution in [0.5, 0.6) is 5.75 Å². The minimum Gasteiger partial charge on any atom is -0.505 e. The van der Waals surface area contributed by atoms with Crippen LogP contribution in [0.3, 0.4) is 0 Å². The van der Waals surface area contributed by atoms with E-state index in [0.29, 0.717) is 24.3 Å². The molecule has 3 aromatic rings. The van der Waals surface area contributed by atoms with Crippen molar-refractivity contribution in [3.63, 3.8) is 0 Å². The van der Waals surface area contributed by atoms with Gasteiger partial charge in [-0.05, 0) is 55.9 Å². The summed E-state index contributed by atoms with van der Waals surface area (Å²) in [6.45, 7) is 6.67. The Labute approximate surface area is 177 Å². The summed E-state index contributed by atoms with van der Waals surface area (Å²) < 4.78 is 1.58. The molecule has 0 amide bonds. The molecule has 0 aliphatic carbocycles. The first-order valence-corrected chi connectivity index (χ1v) is 10.6. The van der Waals surface area contributed by atoms with Gasteiger partial charge in [-0.1, -0.05) is 56.2 Å². The van der Waals surface area contributed by atoms with Crippen molar-refractivity contribution < 1.29 is 5.11 Å². The largest absolute Gasteiger partial charge is 0.505 e. The molecular weight excluding hydrogens is 376 g/mol. The van der Waals surface area contributed by atoms with Gasteiger partial charge in [-0.2, -0.15) is 0 Å². The highest BCUT2D eigenvalue weighted by Gasteiger charge is 2.12. The van der Waals surface area contributed by atoms with Crippen LogP contribution in [0.4, 0.5) is 11.4 Å². The molecule has 0 aliphatic rings. The summed E-state index contributed by atoms with van der Waals surface area (Å²) in [5.41, 5.74) is 4.47. The van der Waals surface area contributed by atoms with E-state index in [1.165, 1.54) is 11.1 Å². The van der Waals surface area contributed by atoms with Crippen LogP contribution in [-0.4, -0.2) is 14.9 Å². The highest BCUT2D eigenvalue weighted by molar-refractivity contribution is 5.55. The molecule has 30 heavy (non-hydrogen) atoms. The van der Waals surface area contributed by atoms with Gasteiger partial charge in [0.1, 0.15) is 11.4 Å². The van der Waals surface area contributed by atoms with Gasteiger partial charge in [0.05, 0.1) is 5.69 Å². The fraction of sp³-hybridized carbons (Fsp3) is 0.375. The Hall–Kier alpha value is -3.15. The number of nitrogens with one attached hydrogen (secondary N) is 1. The molecule has 0 fully saturated rings. The van der Waals surface area contributed by atoms with Gasteiger partial charge in [-0.25, -0.2) is 0 Å². The fourth-order valence-corrected chi connectivity index (χ4v) is 3.51. The average Bonchev–Trinajstić information content (AvgIpc) is 3.00. The van der Waals surface area contributed by atoms with Crippen LogP contribution in [0.1, 0.15) is 48.6 Å². The summed E-state index contributed by atoms with van der Waals surface area (Å²) >= 11 is 0. The number of aryl methyl sites for hydroxylation is 5. The number of para-hydroxylation sites is 1. The van der Waals surface area contributed by atoms with E-state index in [2.05, 4.69) is 41.3 Å². The maximum Gasteiger partial charge on any atom is 0.294 e. The molecule has 0 unspecified atom stereocenters. The Balaban J connectivity index is 1.76. The Bertz CT molecular complexity index is 1080. The fourth-order valence-electron chi connectivity index (χ4n) is 3.51. The van der Waals surface area contributed by atoms with Gasteiger partial charge in [-0.15, -0.1) is 10.2 Å². The van der Waals surface area contributed by atoms with Gasteiger partial charge in [0.2, 0.25) is 0 Å². The van der Waals surface area contributed by atoms with E-state index in [0.717, 1.165) is 31.2 Å². The third-order valence-electron chi connectivity index (χ3n) is 5.37. The first-order valence-electron chi connectivity index (χ1n) is 10.6. The molecule has 3 rings (SSSR count). The van der Waals surface area contributed by atoms with Crippen molar-refractivity contribution in [1.82, 2.24) is 9.78 Å². The van der Waals surface area contributed by atoms with Crippen LogP contribution in [0.25, 0.3) is 0 Å². The number of azo groups is 1. The molecule has 0 bridgehead atoms. The van der Waals surface area contributed by atoms with Crippen LogP contribution in [-0.2, 0) is 19.4 Å². The van der Waals surface area contributed by atoms with Crippen LogP contribution in [0, 0.1) is 13.8 Å². The predicted octanol–water partition coefficient (Wildman–Crippen LogP) is 5.89. The van der Waals surface area contributed by atoms with Crippen LogP contribution in [0.2, 0.25) is 0 Å². The first kappa shape index (κ1) is 21.6. The maximum absolute atomic E-state index is 12.6. The van der Waals surface area contributed by atoms with E-state index in [1.54, 1.807) is 10.7 Å². The second kappa shape index (κ2) is 10.1. The van der Waals surface area contributed by atoms with Crippen molar-refractivity contribution in [3.8, 4) is 5.75 Å². The maximum atomic E-state index is 12.6. The van der Waals surface area contributed by atoms with Gasteiger partial charge in [0.15, 0.2) is 5.69 Å². The molecule has 6 nitrogen and oxygen atoms in total. The number of H-pyrrole nitrogens is 1. The number of aromatic amines is 1. The molecule has 0 atom stereocenters. The summed E-state index contributed by atoms with van der Waals surface area (Å²) in [7, 11) is 0. The molecule has 0 aliphatic heterocycles. The van der Waals surface area contributed by atoms with E-state index >= 15 is 0 Å². The van der Waals surface area contributed by atoms with Crippen molar-refractivity contribution in [2.24, 2.45) is 10.2 Å². The van der Waals surface area contributed by atoms with E-state index in [1.807, 2.05) is 31.2 Å². The third-order valence-corrected chi connectivity index (χ3v) is 5.37. The lowest BCUT2D eigenvalue weighted by Crippen LogP contribution is -2.16. The van der Waals surface area contributed by atoms with Crippen molar-refractivity contribution in [2.75, 3.05) is 0 Å². The number of nitrogens with zero attached hydrogens (tertiary/aromatic N) is 3. The van der Waals surface area contributed by atoms with Gasteiger partial charge in [0, 0.05) is 6.54 Å². The second-order valence-electron chi connectivity index (χ2n) is 7.66. The normalized spacial score (nSPS) is 11.4. The SMILES string of the molecule is CCCCCn1[nH]c(C)c(N=Nc2cccc(CCc3ccccc3C)c2O)c1=O. The van der Waals surface area contributed by atoms with Crippen LogP contribution < -0.4 is 5.56 Å².